The molecule has 0 bridgehead atoms. The normalized spacial score (nSPS) is 11.8. The smallest absolute Gasteiger partial charge is 0.240 e. The summed E-state index contributed by atoms with van der Waals surface area (Å²) in [6.07, 6.45) is 0. The molecule has 0 radical (unpaired) electrons. The molecule has 4 aromatic rings. The maximum absolute atomic E-state index is 12.7. The lowest BCUT2D eigenvalue weighted by atomic mass is 10.2. The third-order valence-electron chi connectivity index (χ3n) is 4.27. The molecule has 1 aromatic heterocycles. The van der Waals surface area contributed by atoms with Crippen LogP contribution in [-0.4, -0.2) is 18.4 Å². The topological polar surface area (TPSA) is 74.8 Å². The lowest BCUT2D eigenvalue weighted by Crippen LogP contribution is -2.23. The highest BCUT2D eigenvalue weighted by Crippen LogP contribution is 2.24. The van der Waals surface area contributed by atoms with Crippen LogP contribution in [0.4, 0.5) is 0 Å². The van der Waals surface area contributed by atoms with Crippen molar-refractivity contribution in [2.24, 2.45) is 0 Å². The van der Waals surface area contributed by atoms with Crippen molar-refractivity contribution >= 4 is 44.3 Å². The number of rotatable bonds is 5. The van der Waals surface area contributed by atoms with E-state index >= 15 is 0 Å². The van der Waals surface area contributed by atoms with Gasteiger partial charge in [0.15, 0.2) is 0 Å². The molecule has 0 spiro atoms. The third-order valence-corrected chi connectivity index (χ3v) is 6.27. The van der Waals surface area contributed by atoms with Crippen LogP contribution in [0, 0.1) is 0 Å². The van der Waals surface area contributed by atoms with Gasteiger partial charge >= 0.3 is 0 Å². The Morgan fingerprint density at radius 1 is 0.964 bits per heavy atom. The van der Waals surface area contributed by atoms with Gasteiger partial charge in [-0.25, -0.2) is 18.1 Å². The Morgan fingerprint density at radius 3 is 2.54 bits per heavy atom. The van der Waals surface area contributed by atoms with E-state index in [0.717, 1.165) is 5.56 Å². The fourth-order valence-corrected chi connectivity index (χ4v) is 4.23. The molecule has 0 aliphatic rings. The fraction of sp³-hybridized carbons (Fsp3) is 0.0500. The van der Waals surface area contributed by atoms with Gasteiger partial charge in [-0.3, -0.25) is 0 Å². The number of imidazole rings is 1. The molecule has 5 nitrogen and oxygen atoms in total. The summed E-state index contributed by atoms with van der Waals surface area (Å²) in [7, 11) is -3.73. The Balaban J connectivity index is 1.61. The van der Waals surface area contributed by atoms with E-state index in [4.69, 9.17) is 23.2 Å². The molecule has 1 heterocycles. The first-order chi connectivity index (χ1) is 13.4. The molecule has 4 rings (SSSR count). The zero-order valence-electron chi connectivity index (χ0n) is 14.5. The van der Waals surface area contributed by atoms with E-state index in [-0.39, 0.29) is 11.4 Å². The minimum absolute atomic E-state index is 0.0397. The van der Waals surface area contributed by atoms with E-state index in [1.807, 2.05) is 30.3 Å². The summed E-state index contributed by atoms with van der Waals surface area (Å²) < 4.78 is 28.0. The van der Waals surface area contributed by atoms with Gasteiger partial charge in [-0.05, 0) is 42.0 Å². The van der Waals surface area contributed by atoms with Gasteiger partial charge in [0.2, 0.25) is 10.0 Å². The van der Waals surface area contributed by atoms with Gasteiger partial charge in [0.1, 0.15) is 5.82 Å². The van der Waals surface area contributed by atoms with Crippen LogP contribution in [0.5, 0.6) is 0 Å². The predicted molar refractivity (Wildman–Crippen MR) is 112 cm³/mol. The van der Waals surface area contributed by atoms with E-state index in [1.54, 1.807) is 30.3 Å². The number of halogens is 2. The van der Waals surface area contributed by atoms with Gasteiger partial charge in [-0.2, -0.15) is 0 Å². The Kier molecular flexibility index (Phi) is 5.12. The molecule has 0 fully saturated rings. The van der Waals surface area contributed by atoms with Crippen LogP contribution < -0.4 is 4.72 Å². The van der Waals surface area contributed by atoms with Crippen molar-refractivity contribution < 1.29 is 8.42 Å². The van der Waals surface area contributed by atoms with Gasteiger partial charge in [-0.15, -0.1) is 0 Å². The highest BCUT2D eigenvalue weighted by atomic mass is 35.5. The first-order valence-corrected chi connectivity index (χ1v) is 10.6. The highest BCUT2D eigenvalue weighted by molar-refractivity contribution is 7.89. The molecular weight excluding hydrogens is 417 g/mol. The van der Waals surface area contributed by atoms with Crippen LogP contribution in [0.2, 0.25) is 10.0 Å². The van der Waals surface area contributed by atoms with E-state index < -0.39 is 10.0 Å². The number of sulfonamides is 1. The molecule has 28 heavy (non-hydrogen) atoms. The Morgan fingerprint density at radius 2 is 1.75 bits per heavy atom. The maximum Gasteiger partial charge on any atom is 0.240 e. The van der Waals surface area contributed by atoms with Crippen molar-refractivity contribution in [1.82, 2.24) is 14.7 Å². The molecule has 2 N–H and O–H groups in total. The van der Waals surface area contributed by atoms with Crippen molar-refractivity contribution in [2.45, 2.75) is 11.4 Å². The van der Waals surface area contributed by atoms with Crippen molar-refractivity contribution in [3.8, 4) is 11.4 Å². The summed E-state index contributed by atoms with van der Waals surface area (Å²) in [5.41, 5.74) is 2.86. The molecule has 0 amide bonds. The van der Waals surface area contributed by atoms with Gasteiger partial charge in [-0.1, -0.05) is 53.5 Å². The molecule has 0 aliphatic heterocycles. The molecule has 3 aromatic carbocycles. The van der Waals surface area contributed by atoms with Crippen LogP contribution in [0.3, 0.4) is 0 Å². The zero-order valence-corrected chi connectivity index (χ0v) is 16.8. The Hall–Kier alpha value is -2.38. The number of aromatic amines is 1. The van der Waals surface area contributed by atoms with E-state index in [9.17, 15) is 8.42 Å². The summed E-state index contributed by atoms with van der Waals surface area (Å²) in [6, 6.07) is 19.3. The molecule has 142 valence electrons. The quantitative estimate of drug-likeness (QED) is 0.465. The maximum atomic E-state index is 12.7. The number of benzene rings is 3. The minimum atomic E-state index is -3.73. The van der Waals surface area contributed by atoms with E-state index in [2.05, 4.69) is 14.7 Å². The Bertz CT molecular complexity index is 1260. The van der Waals surface area contributed by atoms with Crippen LogP contribution in [0.1, 0.15) is 5.56 Å². The number of fused-ring (bicyclic) bond motifs is 1. The summed E-state index contributed by atoms with van der Waals surface area (Å²) in [4.78, 5) is 7.83. The third kappa shape index (κ3) is 3.91. The van der Waals surface area contributed by atoms with Gasteiger partial charge in [0.05, 0.1) is 15.9 Å². The van der Waals surface area contributed by atoms with Gasteiger partial charge in [0, 0.05) is 22.2 Å². The van der Waals surface area contributed by atoms with Crippen LogP contribution >= 0.6 is 23.2 Å². The monoisotopic (exact) mass is 431 g/mol. The van der Waals surface area contributed by atoms with E-state index in [1.165, 1.54) is 6.07 Å². The van der Waals surface area contributed by atoms with Gasteiger partial charge < -0.3 is 4.98 Å². The first kappa shape index (κ1) is 19.0. The van der Waals surface area contributed by atoms with Gasteiger partial charge in [0.25, 0.3) is 0 Å². The standard InChI is InChI=1S/C20H15Cl2N3O2S/c21-15-6-8-17(22)14(10-15)12-23-28(26,27)16-7-9-18-19(11-16)25-20(24-18)13-4-2-1-3-5-13/h1-11,23H,12H2,(H,24,25). The molecule has 0 unspecified atom stereocenters. The summed E-state index contributed by atoms with van der Waals surface area (Å²) >= 11 is 12.1. The number of nitrogens with one attached hydrogen (secondary N) is 2. The van der Waals surface area contributed by atoms with Crippen LogP contribution in [0.15, 0.2) is 71.6 Å². The van der Waals surface area contributed by atoms with E-state index in [0.29, 0.717) is 32.5 Å². The average Bonchev–Trinajstić information content (AvgIpc) is 3.13. The van der Waals surface area contributed by atoms with Crippen molar-refractivity contribution in [3.63, 3.8) is 0 Å². The molecular formula is C20H15Cl2N3O2S. The number of H-pyrrole nitrogens is 1. The second-order valence-electron chi connectivity index (χ2n) is 6.19. The fourth-order valence-electron chi connectivity index (χ4n) is 2.82. The largest absolute Gasteiger partial charge is 0.338 e. The average molecular weight is 432 g/mol. The summed E-state index contributed by atoms with van der Waals surface area (Å²) in [5.74, 6) is 0.684. The predicted octanol–water partition coefficient (Wildman–Crippen LogP) is 5.02. The van der Waals surface area contributed by atoms with Crippen LogP contribution in [-0.2, 0) is 16.6 Å². The summed E-state index contributed by atoms with van der Waals surface area (Å²) in [6.45, 7) is 0.0397. The lowest BCUT2D eigenvalue weighted by Gasteiger charge is -2.08. The number of hydrogen-bond acceptors (Lipinski definition) is 3. The second kappa shape index (κ2) is 7.56. The number of hydrogen-bond donors (Lipinski definition) is 2. The van der Waals surface area contributed by atoms with Crippen molar-refractivity contribution in [2.75, 3.05) is 0 Å². The van der Waals surface area contributed by atoms with Crippen molar-refractivity contribution in [3.05, 3.63) is 82.3 Å². The zero-order chi connectivity index (χ0) is 19.7. The summed E-state index contributed by atoms with van der Waals surface area (Å²) in [5, 5.41) is 0.939. The molecule has 0 saturated heterocycles. The lowest BCUT2D eigenvalue weighted by molar-refractivity contribution is 0.581. The van der Waals surface area contributed by atoms with Crippen LogP contribution in [0.25, 0.3) is 22.4 Å². The number of aromatic nitrogens is 2. The minimum Gasteiger partial charge on any atom is -0.338 e. The SMILES string of the molecule is O=S(=O)(NCc1cc(Cl)ccc1Cl)c1ccc2nc(-c3ccccc3)[nH]c2c1. The molecule has 0 atom stereocenters. The molecule has 0 aliphatic carbocycles. The molecule has 8 heteroatoms. The van der Waals surface area contributed by atoms with Crippen molar-refractivity contribution in [1.29, 1.82) is 0 Å². The highest BCUT2D eigenvalue weighted by Gasteiger charge is 2.16. The number of nitrogens with zero attached hydrogens (tertiary/aromatic N) is 1. The molecule has 0 saturated carbocycles. The second-order valence-corrected chi connectivity index (χ2v) is 8.80. The first-order valence-electron chi connectivity index (χ1n) is 8.41. The Labute approximate surface area is 172 Å².